The summed E-state index contributed by atoms with van der Waals surface area (Å²) in [6, 6.07) is 11.9. The van der Waals surface area contributed by atoms with Crippen LogP contribution in [-0.4, -0.2) is 38.0 Å². The van der Waals surface area contributed by atoms with E-state index in [4.69, 9.17) is 11.6 Å². The summed E-state index contributed by atoms with van der Waals surface area (Å²) in [6.45, 7) is 3.93. The molecular weight excluding hydrogens is 372 g/mol. The Morgan fingerprint density at radius 2 is 1.50 bits per heavy atom. The number of fused-ring (bicyclic) bond motifs is 1. The van der Waals surface area contributed by atoms with Crippen molar-refractivity contribution in [2.75, 3.05) is 21.3 Å². The van der Waals surface area contributed by atoms with Gasteiger partial charge < -0.3 is 0 Å². The third kappa shape index (κ3) is 2.87. The zero-order valence-corrected chi connectivity index (χ0v) is 16.1. The SMILES string of the molecule is Cc1cc(C)cc(N2C(=O)N(c3cccc(Cl)c3)[C@@H]3CS(=O)(=O)C[C@@H]32)c1. The van der Waals surface area contributed by atoms with Crippen LogP contribution in [-0.2, 0) is 9.84 Å². The standard InChI is InChI=1S/C19H19ClN2O3S/c1-12-6-13(2)8-16(7-12)22-18-11-26(24,25)10-17(18)21(19(22)23)15-5-3-4-14(20)9-15/h3-9,17-18H,10-11H2,1-2H3/t17-,18+/m1/s1. The number of anilines is 2. The highest BCUT2D eigenvalue weighted by Crippen LogP contribution is 2.38. The van der Waals surface area contributed by atoms with Crippen molar-refractivity contribution in [3.63, 3.8) is 0 Å². The van der Waals surface area contributed by atoms with Crippen LogP contribution in [0.25, 0.3) is 0 Å². The Morgan fingerprint density at radius 3 is 2.08 bits per heavy atom. The quantitative estimate of drug-likeness (QED) is 0.736. The molecule has 2 fully saturated rings. The van der Waals surface area contributed by atoms with Crippen LogP contribution >= 0.6 is 11.6 Å². The molecule has 0 aromatic heterocycles. The van der Waals surface area contributed by atoms with Crippen molar-refractivity contribution in [3.8, 4) is 0 Å². The van der Waals surface area contributed by atoms with E-state index in [1.165, 1.54) is 0 Å². The summed E-state index contributed by atoms with van der Waals surface area (Å²) < 4.78 is 24.6. The number of hydrogen-bond donors (Lipinski definition) is 0. The molecule has 2 saturated heterocycles. The second-order valence-corrected chi connectivity index (χ2v) is 9.65. The van der Waals surface area contributed by atoms with Gasteiger partial charge in [0.05, 0.1) is 23.6 Å². The molecule has 2 aliphatic heterocycles. The van der Waals surface area contributed by atoms with Crippen LogP contribution in [0.2, 0.25) is 5.02 Å². The molecule has 5 nitrogen and oxygen atoms in total. The Labute approximate surface area is 158 Å². The van der Waals surface area contributed by atoms with Crippen LogP contribution in [0.5, 0.6) is 0 Å². The number of rotatable bonds is 2. The summed E-state index contributed by atoms with van der Waals surface area (Å²) in [6.07, 6.45) is 0. The van der Waals surface area contributed by atoms with Gasteiger partial charge in [-0.3, -0.25) is 9.80 Å². The zero-order valence-electron chi connectivity index (χ0n) is 14.5. The molecule has 2 aliphatic rings. The van der Waals surface area contributed by atoms with Gasteiger partial charge in [0.2, 0.25) is 0 Å². The fraction of sp³-hybridized carbons (Fsp3) is 0.316. The van der Waals surface area contributed by atoms with E-state index in [9.17, 15) is 13.2 Å². The van der Waals surface area contributed by atoms with Crippen molar-refractivity contribution in [3.05, 3.63) is 58.6 Å². The molecule has 0 saturated carbocycles. The van der Waals surface area contributed by atoms with E-state index in [1.807, 2.05) is 32.0 Å². The van der Waals surface area contributed by atoms with Crippen LogP contribution in [0.1, 0.15) is 11.1 Å². The summed E-state index contributed by atoms with van der Waals surface area (Å²) in [5, 5.41) is 0.512. The second kappa shape index (κ2) is 5.99. The van der Waals surface area contributed by atoms with Crippen LogP contribution in [0, 0.1) is 13.8 Å². The molecule has 0 aliphatic carbocycles. The van der Waals surface area contributed by atoms with Crippen molar-refractivity contribution >= 4 is 38.8 Å². The molecule has 0 radical (unpaired) electrons. The maximum Gasteiger partial charge on any atom is 0.329 e. The summed E-state index contributed by atoms with van der Waals surface area (Å²) in [5.41, 5.74) is 3.43. The number of nitrogens with zero attached hydrogens (tertiary/aromatic N) is 2. The molecule has 0 spiro atoms. The summed E-state index contributed by atoms with van der Waals surface area (Å²) in [4.78, 5) is 16.5. The predicted molar refractivity (Wildman–Crippen MR) is 104 cm³/mol. The topological polar surface area (TPSA) is 57.7 Å². The fourth-order valence-corrected chi connectivity index (χ4v) is 6.13. The van der Waals surface area contributed by atoms with Crippen LogP contribution in [0.3, 0.4) is 0 Å². The Hall–Kier alpha value is -2.05. The van der Waals surface area contributed by atoms with E-state index >= 15 is 0 Å². The molecule has 2 heterocycles. The molecule has 2 atom stereocenters. The number of hydrogen-bond acceptors (Lipinski definition) is 3. The van der Waals surface area contributed by atoms with Gasteiger partial charge in [0, 0.05) is 16.4 Å². The monoisotopic (exact) mass is 390 g/mol. The van der Waals surface area contributed by atoms with Gasteiger partial charge in [-0.15, -0.1) is 0 Å². The largest absolute Gasteiger partial charge is 0.329 e. The Bertz CT molecular complexity index is 985. The van der Waals surface area contributed by atoms with Crippen molar-refractivity contribution < 1.29 is 13.2 Å². The van der Waals surface area contributed by atoms with E-state index in [0.717, 1.165) is 16.8 Å². The summed E-state index contributed by atoms with van der Waals surface area (Å²) in [7, 11) is -3.21. The minimum absolute atomic E-state index is 0.0204. The van der Waals surface area contributed by atoms with E-state index in [2.05, 4.69) is 0 Å². The lowest BCUT2D eigenvalue weighted by atomic mass is 10.1. The lowest BCUT2D eigenvalue weighted by Crippen LogP contribution is -2.38. The highest BCUT2D eigenvalue weighted by Gasteiger charge is 2.54. The highest BCUT2D eigenvalue weighted by molar-refractivity contribution is 7.91. The lowest BCUT2D eigenvalue weighted by molar-refractivity contribution is 0.255. The smallest absolute Gasteiger partial charge is 0.288 e. The average molecular weight is 391 g/mol. The molecule has 26 heavy (non-hydrogen) atoms. The van der Waals surface area contributed by atoms with Crippen molar-refractivity contribution in [1.29, 1.82) is 0 Å². The van der Waals surface area contributed by atoms with E-state index < -0.39 is 21.9 Å². The first-order valence-electron chi connectivity index (χ1n) is 8.42. The molecule has 2 aromatic carbocycles. The number of sulfone groups is 1. The maximum absolute atomic E-state index is 13.3. The van der Waals surface area contributed by atoms with Crippen molar-refractivity contribution in [1.82, 2.24) is 0 Å². The molecular formula is C19H19ClN2O3S. The molecule has 0 N–H and O–H groups in total. The molecule has 0 unspecified atom stereocenters. The number of benzene rings is 2. The number of amides is 2. The molecule has 2 amide bonds. The first kappa shape index (κ1) is 17.4. The van der Waals surface area contributed by atoms with Gasteiger partial charge in [0.25, 0.3) is 0 Å². The van der Waals surface area contributed by atoms with Gasteiger partial charge in [-0.1, -0.05) is 23.7 Å². The minimum atomic E-state index is -3.21. The zero-order chi connectivity index (χ0) is 18.6. The maximum atomic E-state index is 13.3. The van der Waals surface area contributed by atoms with E-state index in [1.54, 1.807) is 34.1 Å². The van der Waals surface area contributed by atoms with Crippen LogP contribution < -0.4 is 9.80 Å². The van der Waals surface area contributed by atoms with E-state index in [-0.39, 0.29) is 17.5 Å². The first-order chi connectivity index (χ1) is 12.2. The molecule has 4 rings (SSSR count). The summed E-state index contributed by atoms with van der Waals surface area (Å²) in [5.74, 6) is -0.0509. The number of halogens is 1. The molecule has 0 bridgehead atoms. The van der Waals surface area contributed by atoms with Crippen molar-refractivity contribution in [2.24, 2.45) is 0 Å². The first-order valence-corrected chi connectivity index (χ1v) is 10.6. The van der Waals surface area contributed by atoms with Crippen LogP contribution in [0.4, 0.5) is 16.2 Å². The number of carbonyl (C=O) groups excluding carboxylic acids is 1. The van der Waals surface area contributed by atoms with Crippen molar-refractivity contribution in [2.45, 2.75) is 25.9 Å². The Morgan fingerprint density at radius 1 is 0.923 bits per heavy atom. The van der Waals surface area contributed by atoms with Gasteiger partial charge in [-0.05, 0) is 55.3 Å². The van der Waals surface area contributed by atoms with E-state index in [0.29, 0.717) is 10.7 Å². The molecule has 2 aromatic rings. The second-order valence-electron chi connectivity index (χ2n) is 7.06. The molecule has 7 heteroatoms. The Kier molecular flexibility index (Phi) is 4.00. The minimum Gasteiger partial charge on any atom is -0.288 e. The normalized spacial score (nSPS) is 24.2. The molecule has 136 valence electrons. The number of aryl methyl sites for hydroxylation is 2. The number of urea groups is 1. The average Bonchev–Trinajstić information content (AvgIpc) is 2.94. The third-order valence-corrected chi connectivity index (χ3v) is 6.87. The van der Waals surface area contributed by atoms with Gasteiger partial charge >= 0.3 is 6.03 Å². The van der Waals surface area contributed by atoms with Gasteiger partial charge in [0.1, 0.15) is 0 Å². The van der Waals surface area contributed by atoms with Gasteiger partial charge in [-0.2, -0.15) is 0 Å². The third-order valence-electron chi connectivity index (χ3n) is 4.94. The lowest BCUT2D eigenvalue weighted by Gasteiger charge is -2.23. The Balaban J connectivity index is 1.84. The number of carbonyl (C=O) groups is 1. The van der Waals surface area contributed by atoms with Gasteiger partial charge in [-0.25, -0.2) is 13.2 Å². The fourth-order valence-electron chi connectivity index (χ4n) is 4.02. The van der Waals surface area contributed by atoms with Gasteiger partial charge in [0.15, 0.2) is 9.84 Å². The highest BCUT2D eigenvalue weighted by atomic mass is 35.5. The van der Waals surface area contributed by atoms with Crippen LogP contribution in [0.15, 0.2) is 42.5 Å². The summed E-state index contributed by atoms with van der Waals surface area (Å²) >= 11 is 6.10. The predicted octanol–water partition coefficient (Wildman–Crippen LogP) is 3.57.